The molecule has 1 aromatic carbocycles. The van der Waals surface area contributed by atoms with Gasteiger partial charge in [0.1, 0.15) is 23.2 Å². The van der Waals surface area contributed by atoms with Gasteiger partial charge in [-0.15, -0.1) is 0 Å². The highest BCUT2D eigenvalue weighted by Crippen LogP contribution is 2.43. The van der Waals surface area contributed by atoms with Gasteiger partial charge in [0.2, 0.25) is 17.7 Å². The van der Waals surface area contributed by atoms with Crippen molar-refractivity contribution >= 4 is 40.5 Å². The van der Waals surface area contributed by atoms with Crippen molar-refractivity contribution < 1.29 is 23.9 Å². The van der Waals surface area contributed by atoms with Crippen LogP contribution in [0.1, 0.15) is 92.2 Å². The van der Waals surface area contributed by atoms with Crippen LogP contribution in [0.2, 0.25) is 0 Å². The number of benzene rings is 1. The Hall–Kier alpha value is -5.28. The number of H-pyrrole nitrogens is 1. The number of ether oxygens (including phenoxy) is 2. The number of pyridine rings is 1. The first-order chi connectivity index (χ1) is 30.1. The molecule has 8 heterocycles. The average Bonchev–Trinajstić information content (AvgIpc) is 3.79. The van der Waals surface area contributed by atoms with Gasteiger partial charge in [0.15, 0.2) is 0 Å². The van der Waals surface area contributed by atoms with Gasteiger partial charge in [-0.3, -0.25) is 24.8 Å². The van der Waals surface area contributed by atoms with Gasteiger partial charge >= 0.3 is 0 Å². The number of hydrogen-bond acceptors (Lipinski definition) is 12. The molecule has 0 bridgehead atoms. The third-order valence-electron chi connectivity index (χ3n) is 14.6. The largest absolute Gasteiger partial charge is 0.494 e. The van der Waals surface area contributed by atoms with Gasteiger partial charge in [-0.25, -0.2) is 9.98 Å². The number of allylic oxidation sites excluding steroid dienone is 2. The van der Waals surface area contributed by atoms with E-state index in [9.17, 15) is 14.4 Å². The smallest absolute Gasteiger partial charge is 0.255 e. The van der Waals surface area contributed by atoms with E-state index in [1.165, 1.54) is 0 Å². The van der Waals surface area contributed by atoms with Crippen LogP contribution in [0.15, 0.2) is 53.4 Å². The standard InChI is InChI=1S/C47H60N10O5/c1-30-8-15-48-40(24-34(30)43-35-25-42(62-47(2)13-14-47)49-26-37(35)51-52-43)56-18-11-32(12-19-56)28-54-22-20-53(21-23-54)27-31-9-16-55(17-10-31)38-5-4-33-36(44(38)61-3)29-57(46(33)60)39-6-7-41(58)50-45(39)59/h4-5,15,24-26,31-32,34,39H,1,6-14,16-23,27-29H2,2-3H3,(H,51,52)(H,50,58,59). The Kier molecular flexibility index (Phi) is 11.0. The maximum atomic E-state index is 13.4. The minimum absolute atomic E-state index is 0.0440. The first-order valence-corrected chi connectivity index (χ1v) is 22.9. The Morgan fingerprint density at radius 2 is 1.60 bits per heavy atom. The summed E-state index contributed by atoms with van der Waals surface area (Å²) in [4.78, 5) is 59.0. The van der Waals surface area contributed by atoms with Crippen molar-refractivity contribution in [2.75, 3.05) is 77.5 Å². The highest BCUT2D eigenvalue weighted by Gasteiger charge is 2.42. The quantitative estimate of drug-likeness (QED) is 0.201. The number of likely N-dealkylation sites (tertiary alicyclic amines) is 1. The molecule has 0 radical (unpaired) electrons. The lowest BCUT2D eigenvalue weighted by molar-refractivity contribution is -0.136. The van der Waals surface area contributed by atoms with Crippen molar-refractivity contribution in [1.29, 1.82) is 0 Å². The SMILES string of the molecule is C=C1CC=NC(N2CCC(CN3CCN(CC4CCN(c5ccc6c(c5OC)CN(C5CCC(=O)NC5=O)C6=O)CC4)CC3)CC2)=CC1c1n[nH]c2cnc(OC3(C)CC3)cc12. The number of carbonyl (C=O) groups is 3. The van der Waals surface area contributed by atoms with E-state index in [0.717, 1.165) is 155 Å². The molecule has 4 saturated heterocycles. The Balaban J connectivity index is 0.682. The summed E-state index contributed by atoms with van der Waals surface area (Å²) < 4.78 is 12.2. The van der Waals surface area contributed by atoms with E-state index in [2.05, 4.69) is 54.6 Å². The number of hydrogen-bond donors (Lipinski definition) is 2. The number of imide groups is 1. The van der Waals surface area contributed by atoms with Crippen molar-refractivity contribution in [3.63, 3.8) is 0 Å². The van der Waals surface area contributed by atoms with E-state index >= 15 is 0 Å². The zero-order valence-corrected chi connectivity index (χ0v) is 36.2. The van der Waals surface area contributed by atoms with Gasteiger partial charge in [-0.05, 0) is 81.9 Å². The summed E-state index contributed by atoms with van der Waals surface area (Å²) in [5.74, 6) is 2.84. The molecule has 3 amide bonds. The highest BCUT2D eigenvalue weighted by atomic mass is 16.5. The average molecular weight is 845 g/mol. The van der Waals surface area contributed by atoms with E-state index in [0.29, 0.717) is 36.2 Å². The van der Waals surface area contributed by atoms with Gasteiger partial charge in [0.25, 0.3) is 5.91 Å². The molecule has 1 saturated carbocycles. The fourth-order valence-electron chi connectivity index (χ4n) is 10.6. The van der Waals surface area contributed by atoms with Crippen LogP contribution in [0.5, 0.6) is 11.6 Å². The molecule has 62 heavy (non-hydrogen) atoms. The minimum Gasteiger partial charge on any atom is -0.494 e. The lowest BCUT2D eigenvalue weighted by atomic mass is 9.92. The molecule has 15 nitrogen and oxygen atoms in total. The Bertz CT molecular complexity index is 2290. The van der Waals surface area contributed by atoms with Crippen LogP contribution in [0.25, 0.3) is 10.9 Å². The molecule has 0 spiro atoms. The number of piperidine rings is 3. The molecule has 15 heteroatoms. The number of piperazine rings is 1. The van der Waals surface area contributed by atoms with Crippen molar-refractivity contribution in [1.82, 2.24) is 40.1 Å². The Morgan fingerprint density at radius 1 is 0.903 bits per heavy atom. The Labute approximate surface area is 363 Å². The molecule has 7 aliphatic rings. The summed E-state index contributed by atoms with van der Waals surface area (Å²) in [6, 6.07) is 5.28. The summed E-state index contributed by atoms with van der Waals surface area (Å²) in [6.45, 7) is 17.6. The molecular formula is C47H60N10O5. The van der Waals surface area contributed by atoms with Gasteiger partial charge < -0.3 is 34.0 Å². The van der Waals surface area contributed by atoms with E-state index in [1.807, 2.05) is 30.6 Å². The predicted octanol–water partition coefficient (Wildman–Crippen LogP) is 4.86. The van der Waals surface area contributed by atoms with Crippen molar-refractivity contribution in [3.05, 3.63) is 65.3 Å². The van der Waals surface area contributed by atoms with Crippen molar-refractivity contribution in [2.45, 2.75) is 88.8 Å². The van der Waals surface area contributed by atoms with Gasteiger partial charge in [0.05, 0.1) is 36.7 Å². The first-order valence-electron chi connectivity index (χ1n) is 22.9. The molecule has 2 aromatic heterocycles. The molecular weight excluding hydrogens is 785 g/mol. The number of aromatic nitrogens is 3. The van der Waals surface area contributed by atoms with Crippen molar-refractivity contribution in [2.24, 2.45) is 16.8 Å². The van der Waals surface area contributed by atoms with Crippen LogP contribution in [0, 0.1) is 11.8 Å². The number of nitrogens with one attached hydrogen (secondary N) is 2. The number of rotatable bonds is 11. The molecule has 10 rings (SSSR count). The summed E-state index contributed by atoms with van der Waals surface area (Å²) in [5.41, 5.74) is 5.28. The Morgan fingerprint density at radius 3 is 2.26 bits per heavy atom. The van der Waals surface area contributed by atoms with Crippen LogP contribution in [-0.2, 0) is 16.1 Å². The van der Waals surface area contributed by atoms with Gasteiger partial charge in [-0.2, -0.15) is 5.10 Å². The molecule has 6 aliphatic heterocycles. The van der Waals surface area contributed by atoms with Crippen LogP contribution in [-0.4, -0.2) is 143 Å². The zero-order chi connectivity index (χ0) is 42.5. The first kappa shape index (κ1) is 40.8. The fraction of sp³-hybridized carbons (Fsp3) is 0.574. The number of amides is 3. The van der Waals surface area contributed by atoms with Crippen LogP contribution in [0.4, 0.5) is 5.69 Å². The van der Waals surface area contributed by atoms with E-state index < -0.39 is 11.9 Å². The minimum atomic E-state index is -0.641. The summed E-state index contributed by atoms with van der Waals surface area (Å²) >= 11 is 0. The topological polar surface area (TPSA) is 152 Å². The maximum absolute atomic E-state index is 13.4. The fourth-order valence-corrected chi connectivity index (χ4v) is 10.6. The third-order valence-corrected chi connectivity index (χ3v) is 14.6. The second-order valence-corrected chi connectivity index (χ2v) is 18.9. The molecule has 3 aromatic rings. The number of anilines is 1. The number of carbonyl (C=O) groups excluding carboxylic acids is 3. The second-order valence-electron chi connectivity index (χ2n) is 18.9. The molecule has 2 unspecified atom stereocenters. The summed E-state index contributed by atoms with van der Waals surface area (Å²) in [5, 5.41) is 11.4. The van der Waals surface area contributed by atoms with Crippen LogP contribution >= 0.6 is 0 Å². The third kappa shape index (κ3) is 8.21. The van der Waals surface area contributed by atoms with E-state index in [4.69, 9.17) is 19.6 Å². The number of aromatic amines is 1. The molecule has 2 N–H and O–H groups in total. The lowest BCUT2D eigenvalue weighted by Gasteiger charge is -2.41. The van der Waals surface area contributed by atoms with E-state index in [1.54, 1.807) is 12.0 Å². The number of nitrogens with zero attached hydrogens (tertiary/aromatic N) is 8. The lowest BCUT2D eigenvalue weighted by Crippen LogP contribution is -2.52. The zero-order valence-electron chi connectivity index (χ0n) is 36.2. The molecule has 328 valence electrons. The van der Waals surface area contributed by atoms with Gasteiger partial charge in [0, 0.05) is 113 Å². The monoisotopic (exact) mass is 844 g/mol. The number of fused-ring (bicyclic) bond motifs is 2. The summed E-state index contributed by atoms with van der Waals surface area (Å²) in [6.07, 6.45) is 14.1. The van der Waals surface area contributed by atoms with E-state index in [-0.39, 0.29) is 29.8 Å². The second kappa shape index (κ2) is 16.8. The predicted molar refractivity (Wildman–Crippen MR) is 236 cm³/mol. The summed E-state index contributed by atoms with van der Waals surface area (Å²) in [7, 11) is 1.66. The van der Waals surface area contributed by atoms with Crippen LogP contribution < -0.4 is 19.7 Å². The van der Waals surface area contributed by atoms with Crippen molar-refractivity contribution in [3.8, 4) is 11.6 Å². The highest BCUT2D eigenvalue weighted by molar-refractivity contribution is 6.06. The van der Waals surface area contributed by atoms with Crippen LogP contribution in [0.3, 0.4) is 0 Å². The molecule has 1 aliphatic carbocycles. The van der Waals surface area contributed by atoms with Gasteiger partial charge in [-0.1, -0.05) is 12.2 Å². The molecule has 5 fully saturated rings. The molecule has 2 atom stereocenters. The normalized spacial score (nSPS) is 25.3. The number of methoxy groups -OCH3 is 1. The number of aliphatic imine (C=N–C) groups is 1. The maximum Gasteiger partial charge on any atom is 0.255 e.